The maximum atomic E-state index is 12.8. The van der Waals surface area contributed by atoms with Gasteiger partial charge < -0.3 is 5.32 Å². The molecule has 0 aromatic heterocycles. The molecule has 0 atom stereocenters. The minimum absolute atomic E-state index is 0.0544. The van der Waals surface area contributed by atoms with Crippen LogP contribution in [0.15, 0.2) is 54.6 Å². The zero-order valence-corrected chi connectivity index (χ0v) is 13.1. The van der Waals surface area contributed by atoms with Crippen LogP contribution in [-0.4, -0.2) is 5.91 Å². The fraction of sp³-hybridized carbons (Fsp3) is 0.150. The zero-order valence-electron chi connectivity index (χ0n) is 13.1. The van der Waals surface area contributed by atoms with Gasteiger partial charge in [0.05, 0.1) is 5.56 Å². The summed E-state index contributed by atoms with van der Waals surface area (Å²) in [6.45, 7) is 6.04. The van der Waals surface area contributed by atoms with Crippen molar-refractivity contribution >= 4 is 22.4 Å². The Kier molecular flexibility index (Phi) is 3.68. The van der Waals surface area contributed by atoms with Crippen molar-refractivity contribution < 1.29 is 4.79 Å². The van der Waals surface area contributed by atoms with Gasteiger partial charge in [0, 0.05) is 5.69 Å². The van der Waals surface area contributed by atoms with E-state index in [1.54, 1.807) is 0 Å². The largest absolute Gasteiger partial charge is 0.322 e. The normalized spacial score (nSPS) is 10.7. The van der Waals surface area contributed by atoms with E-state index in [0.29, 0.717) is 0 Å². The van der Waals surface area contributed by atoms with Crippen LogP contribution in [0.4, 0.5) is 5.69 Å². The van der Waals surface area contributed by atoms with Crippen LogP contribution in [0.1, 0.15) is 27.0 Å². The lowest BCUT2D eigenvalue weighted by atomic mass is 9.99. The van der Waals surface area contributed by atoms with Gasteiger partial charge in [0.15, 0.2) is 0 Å². The van der Waals surface area contributed by atoms with E-state index >= 15 is 0 Å². The summed E-state index contributed by atoms with van der Waals surface area (Å²) in [4.78, 5) is 12.8. The number of aryl methyl sites for hydroxylation is 3. The number of nitrogens with one attached hydrogen (secondary N) is 1. The maximum Gasteiger partial charge on any atom is 0.256 e. The van der Waals surface area contributed by atoms with E-state index in [2.05, 4.69) is 17.4 Å². The Hall–Kier alpha value is -2.61. The summed E-state index contributed by atoms with van der Waals surface area (Å²) in [6, 6.07) is 18.1. The third kappa shape index (κ3) is 2.60. The first-order chi connectivity index (χ1) is 10.6. The van der Waals surface area contributed by atoms with Gasteiger partial charge >= 0.3 is 0 Å². The number of amides is 1. The van der Waals surface area contributed by atoms with Crippen molar-refractivity contribution in [2.45, 2.75) is 20.8 Å². The van der Waals surface area contributed by atoms with E-state index in [0.717, 1.165) is 33.2 Å². The second kappa shape index (κ2) is 5.64. The van der Waals surface area contributed by atoms with Gasteiger partial charge in [-0.05, 0) is 48.7 Å². The molecule has 0 fully saturated rings. The molecule has 3 rings (SSSR count). The molecule has 0 aliphatic rings. The Bertz CT molecular complexity index is 865. The highest BCUT2D eigenvalue weighted by molar-refractivity contribution is 6.14. The molecular formula is C20H19NO. The van der Waals surface area contributed by atoms with Crippen LogP contribution >= 0.6 is 0 Å². The first-order valence-electron chi connectivity index (χ1n) is 7.43. The molecular weight excluding hydrogens is 270 g/mol. The van der Waals surface area contributed by atoms with Crippen LogP contribution in [0.25, 0.3) is 10.8 Å². The predicted molar refractivity (Wildman–Crippen MR) is 92.6 cm³/mol. The molecule has 22 heavy (non-hydrogen) atoms. The highest BCUT2D eigenvalue weighted by Gasteiger charge is 2.14. The Labute approximate surface area is 130 Å². The van der Waals surface area contributed by atoms with Gasteiger partial charge in [0.2, 0.25) is 0 Å². The third-order valence-corrected chi connectivity index (χ3v) is 3.99. The third-order valence-electron chi connectivity index (χ3n) is 3.99. The van der Waals surface area contributed by atoms with Gasteiger partial charge in [0.25, 0.3) is 5.91 Å². The minimum Gasteiger partial charge on any atom is -0.322 e. The van der Waals surface area contributed by atoms with Gasteiger partial charge in [0.1, 0.15) is 0 Å². The lowest BCUT2D eigenvalue weighted by Gasteiger charge is -2.13. The van der Waals surface area contributed by atoms with Crippen molar-refractivity contribution in [3.63, 3.8) is 0 Å². The molecule has 110 valence electrons. The number of benzene rings is 3. The van der Waals surface area contributed by atoms with Crippen molar-refractivity contribution in [2.75, 3.05) is 5.32 Å². The zero-order chi connectivity index (χ0) is 15.7. The lowest BCUT2D eigenvalue weighted by molar-refractivity contribution is 0.102. The fourth-order valence-electron chi connectivity index (χ4n) is 2.82. The number of fused-ring (bicyclic) bond motifs is 1. The number of rotatable bonds is 2. The van der Waals surface area contributed by atoms with Gasteiger partial charge in [-0.2, -0.15) is 0 Å². The minimum atomic E-state index is -0.0544. The second-order valence-corrected chi connectivity index (χ2v) is 5.75. The van der Waals surface area contributed by atoms with Crippen LogP contribution < -0.4 is 5.32 Å². The van der Waals surface area contributed by atoms with Crippen molar-refractivity contribution in [3.05, 3.63) is 76.9 Å². The molecule has 0 heterocycles. The number of hydrogen-bond acceptors (Lipinski definition) is 1. The van der Waals surface area contributed by atoms with Gasteiger partial charge in [-0.3, -0.25) is 4.79 Å². The molecule has 3 aromatic carbocycles. The average molecular weight is 289 g/mol. The fourth-order valence-corrected chi connectivity index (χ4v) is 2.82. The summed E-state index contributed by atoms with van der Waals surface area (Å²) in [6.07, 6.45) is 0. The Morgan fingerprint density at radius 3 is 2.41 bits per heavy atom. The monoisotopic (exact) mass is 289 g/mol. The van der Waals surface area contributed by atoms with Gasteiger partial charge in [-0.25, -0.2) is 0 Å². The van der Waals surface area contributed by atoms with E-state index in [9.17, 15) is 4.79 Å². The van der Waals surface area contributed by atoms with Crippen molar-refractivity contribution in [1.82, 2.24) is 0 Å². The molecule has 0 spiro atoms. The van der Waals surface area contributed by atoms with E-state index in [-0.39, 0.29) is 5.91 Å². The van der Waals surface area contributed by atoms with Crippen molar-refractivity contribution in [2.24, 2.45) is 0 Å². The van der Waals surface area contributed by atoms with Crippen molar-refractivity contribution in [1.29, 1.82) is 0 Å². The van der Waals surface area contributed by atoms with E-state index < -0.39 is 0 Å². The number of anilines is 1. The highest BCUT2D eigenvalue weighted by atomic mass is 16.1. The number of carbonyl (C=O) groups excluding carboxylic acids is 1. The average Bonchev–Trinajstić information content (AvgIpc) is 2.50. The number of carbonyl (C=O) groups is 1. The van der Waals surface area contributed by atoms with Crippen LogP contribution in [0, 0.1) is 20.8 Å². The molecule has 3 aromatic rings. The van der Waals surface area contributed by atoms with Crippen LogP contribution in [-0.2, 0) is 0 Å². The standard InChI is InChI=1S/C20H19NO/c1-13-8-11-18(15(3)12-13)21-20(22)19-14(2)9-10-16-6-4-5-7-17(16)19/h4-12H,1-3H3,(H,21,22). The molecule has 2 heteroatoms. The van der Waals surface area contributed by atoms with E-state index in [4.69, 9.17) is 0 Å². The molecule has 0 bridgehead atoms. The summed E-state index contributed by atoms with van der Waals surface area (Å²) in [5.74, 6) is -0.0544. The summed E-state index contributed by atoms with van der Waals surface area (Å²) < 4.78 is 0. The summed E-state index contributed by atoms with van der Waals surface area (Å²) >= 11 is 0. The maximum absolute atomic E-state index is 12.8. The van der Waals surface area contributed by atoms with Crippen LogP contribution in [0.3, 0.4) is 0 Å². The summed E-state index contributed by atoms with van der Waals surface area (Å²) in [5.41, 5.74) is 4.87. The quantitative estimate of drug-likeness (QED) is 0.705. The second-order valence-electron chi connectivity index (χ2n) is 5.75. The van der Waals surface area contributed by atoms with Crippen LogP contribution in [0.5, 0.6) is 0 Å². The Morgan fingerprint density at radius 1 is 0.864 bits per heavy atom. The molecule has 1 N–H and O–H groups in total. The lowest BCUT2D eigenvalue weighted by Crippen LogP contribution is -2.14. The molecule has 0 radical (unpaired) electrons. The molecule has 0 aliphatic carbocycles. The Balaban J connectivity index is 2.04. The SMILES string of the molecule is Cc1ccc(NC(=O)c2c(C)ccc3ccccc23)c(C)c1. The topological polar surface area (TPSA) is 29.1 Å². The van der Waals surface area contributed by atoms with Gasteiger partial charge in [-0.15, -0.1) is 0 Å². The number of hydrogen-bond donors (Lipinski definition) is 1. The predicted octanol–water partition coefficient (Wildman–Crippen LogP) is 5.02. The molecule has 0 aliphatic heterocycles. The molecule has 0 unspecified atom stereocenters. The first-order valence-corrected chi connectivity index (χ1v) is 7.43. The van der Waals surface area contributed by atoms with Gasteiger partial charge in [-0.1, -0.05) is 54.1 Å². The molecule has 2 nitrogen and oxygen atoms in total. The molecule has 0 saturated carbocycles. The van der Waals surface area contributed by atoms with E-state index in [1.165, 1.54) is 5.56 Å². The molecule has 0 saturated heterocycles. The Morgan fingerprint density at radius 2 is 1.64 bits per heavy atom. The summed E-state index contributed by atoms with van der Waals surface area (Å²) in [5, 5.41) is 5.12. The van der Waals surface area contributed by atoms with E-state index in [1.807, 2.05) is 63.2 Å². The molecule has 1 amide bonds. The smallest absolute Gasteiger partial charge is 0.256 e. The van der Waals surface area contributed by atoms with Crippen LogP contribution in [0.2, 0.25) is 0 Å². The van der Waals surface area contributed by atoms with Crippen molar-refractivity contribution in [3.8, 4) is 0 Å². The first kappa shape index (κ1) is 14.3. The summed E-state index contributed by atoms with van der Waals surface area (Å²) in [7, 11) is 0. The highest BCUT2D eigenvalue weighted by Crippen LogP contribution is 2.24.